The van der Waals surface area contributed by atoms with Crippen molar-refractivity contribution in [3.8, 4) is 0 Å². The second-order valence-electron chi connectivity index (χ2n) is 4.73. The summed E-state index contributed by atoms with van der Waals surface area (Å²) in [6.45, 7) is 6.89. The molecule has 17 heavy (non-hydrogen) atoms. The van der Waals surface area contributed by atoms with Crippen LogP contribution in [0.2, 0.25) is 0 Å². The van der Waals surface area contributed by atoms with E-state index in [0.717, 1.165) is 5.69 Å². The van der Waals surface area contributed by atoms with Gasteiger partial charge in [-0.1, -0.05) is 32.9 Å². The van der Waals surface area contributed by atoms with Crippen LogP contribution in [0.15, 0.2) is 24.3 Å². The minimum Gasteiger partial charge on any atom is -0.326 e. The molecule has 3 nitrogen and oxygen atoms in total. The van der Waals surface area contributed by atoms with Gasteiger partial charge in [-0.05, 0) is 30.7 Å². The van der Waals surface area contributed by atoms with E-state index in [2.05, 4.69) is 30.5 Å². The van der Waals surface area contributed by atoms with Crippen molar-refractivity contribution in [2.75, 3.05) is 18.9 Å². The zero-order valence-electron chi connectivity index (χ0n) is 11.1. The average molecular weight is 234 g/mol. The summed E-state index contributed by atoms with van der Waals surface area (Å²) in [5.74, 6) is 0.504. The van der Waals surface area contributed by atoms with Crippen LogP contribution in [0.4, 0.5) is 5.69 Å². The minimum atomic E-state index is -0.0253. The van der Waals surface area contributed by atoms with Gasteiger partial charge in [-0.25, -0.2) is 0 Å². The predicted molar refractivity (Wildman–Crippen MR) is 72.3 cm³/mol. The van der Waals surface area contributed by atoms with E-state index in [0.29, 0.717) is 12.5 Å². The molecule has 3 heteroatoms. The monoisotopic (exact) mass is 234 g/mol. The largest absolute Gasteiger partial charge is 0.326 e. The maximum absolute atomic E-state index is 11.8. The fourth-order valence-electron chi connectivity index (χ4n) is 1.64. The fourth-order valence-corrected chi connectivity index (χ4v) is 1.64. The first-order chi connectivity index (χ1) is 8.04. The van der Waals surface area contributed by atoms with E-state index < -0.39 is 0 Å². The second kappa shape index (κ2) is 6.40. The smallest absolute Gasteiger partial charge is 0.228 e. The Bertz CT molecular complexity index is 374. The maximum atomic E-state index is 11.8. The van der Waals surface area contributed by atoms with Crippen molar-refractivity contribution < 1.29 is 4.79 Å². The molecule has 0 aromatic heterocycles. The highest BCUT2D eigenvalue weighted by Gasteiger charge is 2.12. The van der Waals surface area contributed by atoms with Gasteiger partial charge in [0.15, 0.2) is 0 Å². The minimum absolute atomic E-state index is 0.0253. The Morgan fingerprint density at radius 3 is 2.59 bits per heavy atom. The molecule has 1 amide bonds. The SMILES string of the molecule is CNCC(C)C(=O)Nc1cccc(C(C)C)c1. The molecule has 1 atom stereocenters. The lowest BCUT2D eigenvalue weighted by atomic mass is 10.0. The van der Waals surface area contributed by atoms with Gasteiger partial charge >= 0.3 is 0 Å². The van der Waals surface area contributed by atoms with Crippen molar-refractivity contribution in [2.24, 2.45) is 5.92 Å². The number of rotatable bonds is 5. The third kappa shape index (κ3) is 4.19. The Hall–Kier alpha value is -1.35. The lowest BCUT2D eigenvalue weighted by Gasteiger charge is -2.13. The van der Waals surface area contributed by atoms with Gasteiger partial charge in [0.05, 0.1) is 0 Å². The third-order valence-corrected chi connectivity index (χ3v) is 2.78. The molecule has 0 bridgehead atoms. The first-order valence-electron chi connectivity index (χ1n) is 6.10. The molecule has 0 aliphatic rings. The predicted octanol–water partition coefficient (Wildman–Crippen LogP) is 2.60. The molecule has 0 heterocycles. The molecular weight excluding hydrogens is 212 g/mol. The number of hydrogen-bond acceptors (Lipinski definition) is 2. The molecule has 1 rings (SSSR count). The third-order valence-electron chi connectivity index (χ3n) is 2.78. The van der Waals surface area contributed by atoms with Gasteiger partial charge in [0, 0.05) is 18.2 Å². The van der Waals surface area contributed by atoms with Crippen molar-refractivity contribution in [2.45, 2.75) is 26.7 Å². The van der Waals surface area contributed by atoms with E-state index in [-0.39, 0.29) is 11.8 Å². The molecule has 0 aliphatic heterocycles. The Balaban J connectivity index is 2.68. The lowest BCUT2D eigenvalue weighted by molar-refractivity contribution is -0.119. The van der Waals surface area contributed by atoms with E-state index in [1.807, 2.05) is 32.2 Å². The van der Waals surface area contributed by atoms with E-state index in [9.17, 15) is 4.79 Å². The van der Waals surface area contributed by atoms with Crippen LogP contribution in [-0.2, 0) is 4.79 Å². The summed E-state index contributed by atoms with van der Waals surface area (Å²) >= 11 is 0. The van der Waals surface area contributed by atoms with Gasteiger partial charge in [0.1, 0.15) is 0 Å². The van der Waals surface area contributed by atoms with E-state index in [1.165, 1.54) is 5.56 Å². The molecule has 0 aliphatic carbocycles. The van der Waals surface area contributed by atoms with Crippen LogP contribution in [0.1, 0.15) is 32.3 Å². The number of anilines is 1. The topological polar surface area (TPSA) is 41.1 Å². The van der Waals surface area contributed by atoms with Crippen LogP contribution in [0.3, 0.4) is 0 Å². The summed E-state index contributed by atoms with van der Waals surface area (Å²) in [6.07, 6.45) is 0. The molecule has 0 saturated heterocycles. The zero-order chi connectivity index (χ0) is 12.8. The van der Waals surface area contributed by atoms with Crippen LogP contribution in [0.25, 0.3) is 0 Å². The number of carbonyl (C=O) groups excluding carboxylic acids is 1. The summed E-state index contributed by atoms with van der Waals surface area (Å²) < 4.78 is 0. The average Bonchev–Trinajstić information content (AvgIpc) is 2.29. The molecule has 0 radical (unpaired) electrons. The van der Waals surface area contributed by atoms with Gasteiger partial charge < -0.3 is 10.6 Å². The van der Waals surface area contributed by atoms with Crippen LogP contribution >= 0.6 is 0 Å². The van der Waals surface area contributed by atoms with Crippen molar-refractivity contribution in [3.63, 3.8) is 0 Å². The highest BCUT2D eigenvalue weighted by molar-refractivity contribution is 5.92. The number of nitrogens with one attached hydrogen (secondary N) is 2. The van der Waals surface area contributed by atoms with E-state index >= 15 is 0 Å². The normalized spacial score (nSPS) is 12.5. The van der Waals surface area contributed by atoms with Gasteiger partial charge in [-0.2, -0.15) is 0 Å². The Kier molecular flexibility index (Phi) is 5.16. The highest BCUT2D eigenvalue weighted by Crippen LogP contribution is 2.18. The Labute approximate surface area is 104 Å². The second-order valence-corrected chi connectivity index (χ2v) is 4.73. The Morgan fingerprint density at radius 1 is 1.29 bits per heavy atom. The van der Waals surface area contributed by atoms with E-state index in [4.69, 9.17) is 0 Å². The molecule has 1 aromatic carbocycles. The molecule has 1 aromatic rings. The fraction of sp³-hybridized carbons (Fsp3) is 0.500. The summed E-state index contributed by atoms with van der Waals surface area (Å²) in [5, 5.41) is 5.95. The molecule has 0 fully saturated rings. The number of amides is 1. The first-order valence-corrected chi connectivity index (χ1v) is 6.10. The van der Waals surface area contributed by atoms with Crippen molar-refractivity contribution in [1.29, 1.82) is 0 Å². The van der Waals surface area contributed by atoms with Crippen molar-refractivity contribution in [3.05, 3.63) is 29.8 Å². The number of benzene rings is 1. The number of hydrogen-bond donors (Lipinski definition) is 2. The summed E-state index contributed by atoms with van der Waals surface area (Å²) in [4.78, 5) is 11.8. The number of carbonyl (C=O) groups is 1. The van der Waals surface area contributed by atoms with E-state index in [1.54, 1.807) is 0 Å². The highest BCUT2D eigenvalue weighted by atomic mass is 16.1. The van der Waals surface area contributed by atoms with Crippen LogP contribution < -0.4 is 10.6 Å². The molecular formula is C14H22N2O. The van der Waals surface area contributed by atoms with Gasteiger partial charge in [0.2, 0.25) is 5.91 Å². The zero-order valence-corrected chi connectivity index (χ0v) is 11.1. The molecule has 2 N–H and O–H groups in total. The lowest BCUT2D eigenvalue weighted by Crippen LogP contribution is -2.28. The maximum Gasteiger partial charge on any atom is 0.228 e. The van der Waals surface area contributed by atoms with Gasteiger partial charge in [0.25, 0.3) is 0 Å². The van der Waals surface area contributed by atoms with Crippen molar-refractivity contribution >= 4 is 11.6 Å². The Morgan fingerprint density at radius 2 is 2.00 bits per heavy atom. The van der Waals surface area contributed by atoms with Crippen LogP contribution in [-0.4, -0.2) is 19.5 Å². The molecule has 94 valence electrons. The van der Waals surface area contributed by atoms with Gasteiger partial charge in [-0.15, -0.1) is 0 Å². The molecule has 1 unspecified atom stereocenters. The molecule has 0 spiro atoms. The first kappa shape index (κ1) is 13.7. The molecule has 0 saturated carbocycles. The van der Waals surface area contributed by atoms with Crippen LogP contribution in [0, 0.1) is 5.92 Å². The summed E-state index contributed by atoms with van der Waals surface area (Å²) in [7, 11) is 1.85. The van der Waals surface area contributed by atoms with Crippen LogP contribution in [0.5, 0.6) is 0 Å². The van der Waals surface area contributed by atoms with Crippen molar-refractivity contribution in [1.82, 2.24) is 5.32 Å². The standard InChI is InChI=1S/C14H22N2O/c1-10(2)12-6-5-7-13(8-12)16-14(17)11(3)9-15-4/h5-8,10-11,15H,9H2,1-4H3,(H,16,17). The summed E-state index contributed by atoms with van der Waals surface area (Å²) in [6, 6.07) is 8.02. The summed E-state index contributed by atoms with van der Waals surface area (Å²) in [5.41, 5.74) is 2.12. The van der Waals surface area contributed by atoms with Gasteiger partial charge in [-0.3, -0.25) is 4.79 Å². The quantitative estimate of drug-likeness (QED) is 0.822.